The van der Waals surface area contributed by atoms with Crippen molar-refractivity contribution in [3.8, 4) is 11.1 Å². The summed E-state index contributed by atoms with van der Waals surface area (Å²) in [6, 6.07) is 12.5. The highest BCUT2D eigenvalue weighted by molar-refractivity contribution is 5.65. The number of hydrogen-bond donors (Lipinski definition) is 0. The molecule has 1 aromatic carbocycles. The Bertz CT molecular complexity index is 645. The zero-order valence-corrected chi connectivity index (χ0v) is 20.4. The third-order valence-electron chi connectivity index (χ3n) is 4.26. The zero-order chi connectivity index (χ0) is 22.5. The number of unbranched alkanes of at least 4 members (excludes halogenated alkanes) is 2. The van der Waals surface area contributed by atoms with E-state index in [1.807, 2.05) is 57.3 Å². The first-order valence-electron chi connectivity index (χ1n) is 11.3. The smallest absolute Gasteiger partial charge is 0.0655 e. The van der Waals surface area contributed by atoms with Crippen LogP contribution in [0.4, 0.5) is 0 Å². The maximum absolute atomic E-state index is 4.46. The zero-order valence-electron chi connectivity index (χ0n) is 20.4. The molecule has 1 heterocycles. The second-order valence-electron chi connectivity index (χ2n) is 6.60. The van der Waals surface area contributed by atoms with Gasteiger partial charge in [-0.25, -0.2) is 0 Å². The van der Waals surface area contributed by atoms with E-state index in [0.717, 1.165) is 18.5 Å². The van der Waals surface area contributed by atoms with Crippen molar-refractivity contribution < 1.29 is 0 Å². The lowest BCUT2D eigenvalue weighted by Crippen LogP contribution is -1.88. The Morgan fingerprint density at radius 1 is 0.931 bits per heavy atom. The monoisotopic (exact) mass is 395 g/mol. The van der Waals surface area contributed by atoms with Gasteiger partial charge in [0.15, 0.2) is 0 Å². The van der Waals surface area contributed by atoms with Crippen LogP contribution in [0.2, 0.25) is 0 Å². The third kappa shape index (κ3) is 14.5. The van der Waals surface area contributed by atoms with Crippen LogP contribution in [0.3, 0.4) is 0 Å². The van der Waals surface area contributed by atoms with Crippen molar-refractivity contribution in [2.45, 2.75) is 87.5 Å². The van der Waals surface area contributed by atoms with Gasteiger partial charge in [-0.15, -0.1) is 0 Å². The van der Waals surface area contributed by atoms with Gasteiger partial charge >= 0.3 is 0 Å². The van der Waals surface area contributed by atoms with E-state index in [1.54, 1.807) is 0 Å². The van der Waals surface area contributed by atoms with Crippen LogP contribution < -0.4 is 0 Å². The van der Waals surface area contributed by atoms with Crippen molar-refractivity contribution in [1.29, 1.82) is 0 Å². The molecule has 0 N–H and O–H groups in total. The predicted molar refractivity (Wildman–Crippen MR) is 135 cm³/mol. The molecule has 1 nitrogen and oxygen atoms in total. The van der Waals surface area contributed by atoms with E-state index in [9.17, 15) is 0 Å². The summed E-state index contributed by atoms with van der Waals surface area (Å²) in [5, 5.41) is 0. The van der Waals surface area contributed by atoms with Gasteiger partial charge in [0.1, 0.15) is 0 Å². The van der Waals surface area contributed by atoms with Crippen LogP contribution in [0.15, 0.2) is 60.8 Å². The molecule has 0 atom stereocenters. The summed E-state index contributed by atoms with van der Waals surface area (Å²) in [6.45, 7) is 20.6. The summed E-state index contributed by atoms with van der Waals surface area (Å²) in [5.74, 6) is 0. The summed E-state index contributed by atoms with van der Waals surface area (Å²) in [5.41, 5.74) is 5.98. The lowest BCUT2D eigenvalue weighted by Gasteiger charge is -2.04. The number of allylic oxidation sites excluding steroid dienone is 2. The van der Waals surface area contributed by atoms with Crippen LogP contribution in [0.25, 0.3) is 17.2 Å². The molecule has 1 aromatic heterocycles. The Balaban J connectivity index is 0. The molecule has 0 saturated heterocycles. The van der Waals surface area contributed by atoms with Crippen LogP contribution in [-0.4, -0.2) is 4.98 Å². The molecule has 0 spiro atoms. The minimum absolute atomic E-state index is 1.04. The minimum atomic E-state index is 1.04. The lowest BCUT2D eigenvalue weighted by atomic mass is 10.0. The summed E-state index contributed by atoms with van der Waals surface area (Å²) in [7, 11) is 0. The minimum Gasteiger partial charge on any atom is -0.256 e. The largest absolute Gasteiger partial charge is 0.256 e. The number of pyridine rings is 1. The van der Waals surface area contributed by atoms with E-state index in [1.165, 1.54) is 41.5 Å². The van der Waals surface area contributed by atoms with Crippen molar-refractivity contribution >= 4 is 6.08 Å². The first-order chi connectivity index (χ1) is 14.0. The second kappa shape index (κ2) is 20.6. The van der Waals surface area contributed by atoms with Crippen LogP contribution >= 0.6 is 0 Å². The van der Waals surface area contributed by atoms with E-state index < -0.39 is 0 Å². The number of rotatable bonds is 6. The van der Waals surface area contributed by atoms with Gasteiger partial charge in [0, 0.05) is 11.8 Å². The molecule has 0 saturated carbocycles. The number of aromatic nitrogens is 1. The van der Waals surface area contributed by atoms with E-state index in [-0.39, 0.29) is 0 Å². The standard InChI is InChI=1S/C15H15N.C6H12.C5H12.C2H6/c1-3-7-15-12(2)10-14(11-16-15)13-8-5-4-6-9-13;1-4-6(3)5-2;1-3-5-4-2;1-2/h3-11H,1-2H3;3-5H2,1-2H3;3-5H2,1-2H3;1-2H3/b7-3-;;;. The Kier molecular flexibility index (Phi) is 20.6. The summed E-state index contributed by atoms with van der Waals surface area (Å²) in [6.07, 6.45) is 12.3. The average molecular weight is 396 g/mol. The highest BCUT2D eigenvalue weighted by Gasteiger charge is 2.00. The summed E-state index contributed by atoms with van der Waals surface area (Å²) < 4.78 is 0. The van der Waals surface area contributed by atoms with Crippen LogP contribution in [-0.2, 0) is 0 Å². The average Bonchev–Trinajstić information content (AvgIpc) is 2.78. The molecule has 29 heavy (non-hydrogen) atoms. The molecule has 0 unspecified atom stereocenters. The lowest BCUT2D eigenvalue weighted by molar-refractivity contribution is 0.772. The fourth-order valence-corrected chi connectivity index (χ4v) is 2.31. The van der Waals surface area contributed by atoms with Gasteiger partial charge in [-0.05, 0) is 50.0 Å². The second-order valence-corrected chi connectivity index (χ2v) is 6.60. The molecule has 162 valence electrons. The van der Waals surface area contributed by atoms with Crippen molar-refractivity contribution in [2.24, 2.45) is 0 Å². The molecular weight excluding hydrogens is 350 g/mol. The van der Waals surface area contributed by atoms with Gasteiger partial charge in [-0.2, -0.15) is 0 Å². The van der Waals surface area contributed by atoms with Gasteiger partial charge in [-0.1, -0.05) is 109 Å². The van der Waals surface area contributed by atoms with Gasteiger partial charge in [0.2, 0.25) is 0 Å². The van der Waals surface area contributed by atoms with Crippen molar-refractivity contribution in [1.82, 2.24) is 4.98 Å². The van der Waals surface area contributed by atoms with Crippen LogP contribution in [0.1, 0.15) is 91.8 Å². The Morgan fingerprint density at radius 3 is 1.83 bits per heavy atom. The van der Waals surface area contributed by atoms with Gasteiger partial charge in [-0.3, -0.25) is 4.98 Å². The van der Waals surface area contributed by atoms with Crippen molar-refractivity contribution in [3.05, 3.63) is 72.1 Å². The Hall–Kier alpha value is -2.15. The van der Waals surface area contributed by atoms with Crippen molar-refractivity contribution in [2.75, 3.05) is 0 Å². The number of aryl methyl sites for hydroxylation is 1. The third-order valence-corrected chi connectivity index (χ3v) is 4.26. The topological polar surface area (TPSA) is 12.9 Å². The highest BCUT2D eigenvalue weighted by atomic mass is 14.7. The predicted octanol–water partition coefficient (Wildman–Crippen LogP) is 9.68. The van der Waals surface area contributed by atoms with Crippen LogP contribution in [0, 0.1) is 6.92 Å². The van der Waals surface area contributed by atoms with E-state index in [2.05, 4.69) is 64.4 Å². The van der Waals surface area contributed by atoms with Crippen LogP contribution in [0.5, 0.6) is 0 Å². The first kappa shape index (κ1) is 29.1. The van der Waals surface area contributed by atoms with Gasteiger partial charge in [0.05, 0.1) is 5.69 Å². The fraction of sp³-hybridized carbons (Fsp3) is 0.464. The summed E-state index contributed by atoms with van der Waals surface area (Å²) in [4.78, 5) is 4.46. The molecule has 0 aliphatic heterocycles. The molecule has 0 radical (unpaired) electrons. The highest BCUT2D eigenvalue weighted by Crippen LogP contribution is 2.20. The molecular formula is C28H45N. The molecule has 0 aliphatic carbocycles. The summed E-state index contributed by atoms with van der Waals surface area (Å²) >= 11 is 0. The van der Waals surface area contributed by atoms with E-state index in [4.69, 9.17) is 0 Å². The quantitative estimate of drug-likeness (QED) is 0.443. The maximum atomic E-state index is 4.46. The molecule has 0 aliphatic rings. The number of hydrogen-bond acceptors (Lipinski definition) is 1. The van der Waals surface area contributed by atoms with Gasteiger partial charge in [0.25, 0.3) is 0 Å². The number of benzene rings is 1. The fourth-order valence-electron chi connectivity index (χ4n) is 2.31. The van der Waals surface area contributed by atoms with Crippen molar-refractivity contribution in [3.63, 3.8) is 0 Å². The number of nitrogens with zero attached hydrogens (tertiary/aromatic N) is 1. The van der Waals surface area contributed by atoms with E-state index >= 15 is 0 Å². The first-order valence-corrected chi connectivity index (χ1v) is 11.3. The SMILES string of the molecule is C/C=C\c1ncc(-c2ccccc2)cc1C.C=C(CC)CC.CC.CCCCC. The molecule has 0 bridgehead atoms. The Morgan fingerprint density at radius 2 is 1.48 bits per heavy atom. The molecule has 2 aromatic rings. The van der Waals surface area contributed by atoms with Gasteiger partial charge < -0.3 is 0 Å². The molecule has 0 amide bonds. The maximum Gasteiger partial charge on any atom is 0.0655 e. The molecule has 1 heteroatoms. The normalized spacial score (nSPS) is 9.38. The Labute approximate surface area is 182 Å². The molecule has 0 fully saturated rings. The van der Waals surface area contributed by atoms with E-state index in [0.29, 0.717) is 0 Å². The molecule has 2 rings (SSSR count).